The first-order chi connectivity index (χ1) is 19.1. The molecule has 0 aliphatic carbocycles. The van der Waals surface area contributed by atoms with Crippen LogP contribution in [0.1, 0.15) is 43.4 Å². The Morgan fingerprint density at radius 3 is 1.80 bits per heavy atom. The molecule has 1 saturated heterocycles. The molecule has 0 aromatic heterocycles. The van der Waals surface area contributed by atoms with Gasteiger partial charge < -0.3 is 9.47 Å². The molecule has 8 heteroatoms. The molecule has 3 aromatic carbocycles. The van der Waals surface area contributed by atoms with Gasteiger partial charge in [0.05, 0.1) is 24.7 Å². The van der Waals surface area contributed by atoms with Crippen LogP contribution in [0.4, 0.5) is 0 Å². The van der Waals surface area contributed by atoms with E-state index >= 15 is 0 Å². The Bertz CT molecular complexity index is 1240. The Balaban J connectivity index is 1.70. The van der Waals surface area contributed by atoms with Gasteiger partial charge in [-0.3, -0.25) is 0 Å². The summed E-state index contributed by atoms with van der Waals surface area (Å²) in [4.78, 5) is 12.4. The maximum atomic E-state index is 12.9. The molecule has 0 spiro atoms. The molecule has 4 rings (SSSR count). The van der Waals surface area contributed by atoms with Gasteiger partial charge in [0.1, 0.15) is 0 Å². The fourth-order valence-corrected chi connectivity index (χ4v) is 8.58. The number of benzene rings is 3. The van der Waals surface area contributed by atoms with E-state index in [0.29, 0.717) is 19.4 Å². The second-order valence-electron chi connectivity index (χ2n) is 10.7. The van der Waals surface area contributed by atoms with Crippen molar-refractivity contribution >= 4 is 27.8 Å². The summed E-state index contributed by atoms with van der Waals surface area (Å²) in [5.74, 6) is -0.204. The number of methoxy groups -OCH3 is 1. The molecule has 0 saturated carbocycles. The highest BCUT2D eigenvalue weighted by Gasteiger charge is 2.45. The Hall–Kier alpha value is -2.65. The maximum Gasteiger partial charge on any atom is 0.334 e. The van der Waals surface area contributed by atoms with Gasteiger partial charge in [-0.05, 0) is 35.4 Å². The van der Waals surface area contributed by atoms with Crippen LogP contribution in [-0.2, 0) is 29.0 Å². The topological polar surface area (TPSA) is 72.9 Å². The summed E-state index contributed by atoms with van der Waals surface area (Å²) in [5.41, 5.74) is 3.39. The predicted octanol–water partition coefficient (Wildman–Crippen LogP) is 5.72. The van der Waals surface area contributed by atoms with E-state index in [4.69, 9.17) is 9.47 Å². The maximum absolute atomic E-state index is 12.9. The number of nitrogens with zero attached hydrogens (tertiary/aromatic N) is 1. The fourth-order valence-electron chi connectivity index (χ4n) is 5.48. The number of rotatable bonds is 12. The van der Waals surface area contributed by atoms with Crippen molar-refractivity contribution in [3.63, 3.8) is 0 Å². The number of hydrogen-bond donors (Lipinski definition) is 0. The molecular formula is C32H39NO5S2. The summed E-state index contributed by atoms with van der Waals surface area (Å²) >= 11 is 1.79. The third-order valence-corrected chi connectivity index (χ3v) is 10.3. The van der Waals surface area contributed by atoms with Crippen molar-refractivity contribution in [2.45, 2.75) is 48.8 Å². The zero-order valence-corrected chi connectivity index (χ0v) is 25.2. The molecular weight excluding hydrogens is 542 g/mol. The van der Waals surface area contributed by atoms with Crippen molar-refractivity contribution in [3.05, 3.63) is 108 Å². The summed E-state index contributed by atoms with van der Waals surface area (Å²) in [7, 11) is -2.16. The van der Waals surface area contributed by atoms with E-state index in [1.165, 1.54) is 13.4 Å². The number of ether oxygens (including phenoxy) is 2. The first-order valence-corrected chi connectivity index (χ1v) is 16.4. The molecule has 1 heterocycles. The van der Waals surface area contributed by atoms with E-state index < -0.39 is 26.8 Å². The van der Waals surface area contributed by atoms with Crippen molar-refractivity contribution in [2.75, 3.05) is 26.5 Å². The molecule has 3 atom stereocenters. The van der Waals surface area contributed by atoms with Gasteiger partial charge in [0.25, 0.3) is 0 Å². The SMILES string of the molecule is COC(=O)[C@@H](CC(C)C)OC[C@@H]1C[C@@H](SC(c2ccccc2)(c2ccccc2)c2ccccc2)CN1S(C)(=O)=O. The molecule has 214 valence electrons. The molecule has 1 aliphatic rings. The van der Waals surface area contributed by atoms with Gasteiger partial charge in [-0.2, -0.15) is 4.31 Å². The highest BCUT2D eigenvalue weighted by molar-refractivity contribution is 8.01. The molecule has 1 aliphatic heterocycles. The van der Waals surface area contributed by atoms with Crippen LogP contribution >= 0.6 is 11.8 Å². The lowest BCUT2D eigenvalue weighted by molar-refractivity contribution is -0.155. The van der Waals surface area contributed by atoms with Crippen molar-refractivity contribution in [3.8, 4) is 0 Å². The number of thioether (sulfide) groups is 1. The summed E-state index contributed by atoms with van der Waals surface area (Å²) in [6.45, 7) is 4.52. The zero-order chi connectivity index (χ0) is 28.8. The van der Waals surface area contributed by atoms with Crippen LogP contribution in [0, 0.1) is 5.92 Å². The molecule has 6 nitrogen and oxygen atoms in total. The highest BCUT2D eigenvalue weighted by atomic mass is 32.2. The van der Waals surface area contributed by atoms with Crippen LogP contribution in [0.2, 0.25) is 0 Å². The Kier molecular flexibility index (Phi) is 10.1. The number of carbonyl (C=O) groups excluding carboxylic acids is 1. The standard InChI is InChI=1S/C32H39NO5S2/c1-24(2)20-30(31(34)37-3)38-23-28-21-29(22-33(28)40(4,35)36)39-32(25-14-8-5-9-15-25,26-16-10-6-11-17-26)27-18-12-7-13-19-27/h5-19,24,28-30H,20-23H2,1-4H3/t28-,29+,30+/m0/s1. The van der Waals surface area contributed by atoms with E-state index in [1.807, 2.05) is 68.4 Å². The summed E-state index contributed by atoms with van der Waals surface area (Å²) in [6, 6.07) is 30.8. The fraction of sp³-hybridized carbons (Fsp3) is 0.406. The van der Waals surface area contributed by atoms with Gasteiger partial charge in [-0.25, -0.2) is 13.2 Å². The van der Waals surface area contributed by atoms with E-state index in [0.717, 1.165) is 16.7 Å². The smallest absolute Gasteiger partial charge is 0.334 e. The lowest BCUT2D eigenvalue weighted by Crippen LogP contribution is -2.40. The molecule has 0 N–H and O–H groups in total. The summed E-state index contributed by atoms with van der Waals surface area (Å²) in [5, 5.41) is -0.0226. The predicted molar refractivity (Wildman–Crippen MR) is 162 cm³/mol. The van der Waals surface area contributed by atoms with Gasteiger partial charge >= 0.3 is 5.97 Å². The van der Waals surface area contributed by atoms with Crippen molar-refractivity contribution in [1.82, 2.24) is 4.31 Å². The number of sulfonamides is 1. The summed E-state index contributed by atoms with van der Waals surface area (Å²) < 4.78 is 37.9. The first kappa shape index (κ1) is 30.3. The van der Waals surface area contributed by atoms with Gasteiger partial charge in [-0.15, -0.1) is 11.8 Å². The molecule has 1 fully saturated rings. The van der Waals surface area contributed by atoms with E-state index in [9.17, 15) is 13.2 Å². The molecule has 40 heavy (non-hydrogen) atoms. The van der Waals surface area contributed by atoms with Crippen LogP contribution in [0.15, 0.2) is 91.0 Å². The lowest BCUT2D eigenvalue weighted by Gasteiger charge is -2.37. The summed E-state index contributed by atoms with van der Waals surface area (Å²) in [6.07, 6.45) is 1.63. The van der Waals surface area contributed by atoms with Crippen LogP contribution in [0.3, 0.4) is 0 Å². The first-order valence-electron chi connectivity index (χ1n) is 13.7. The third-order valence-electron chi connectivity index (χ3n) is 7.28. The Labute approximate surface area is 243 Å². The van der Waals surface area contributed by atoms with Gasteiger partial charge in [-0.1, -0.05) is 105 Å². The number of hydrogen-bond acceptors (Lipinski definition) is 6. The monoisotopic (exact) mass is 581 g/mol. The van der Waals surface area contributed by atoms with Crippen molar-refractivity contribution in [2.24, 2.45) is 5.92 Å². The molecule has 0 radical (unpaired) electrons. The van der Waals surface area contributed by atoms with Crippen molar-refractivity contribution in [1.29, 1.82) is 0 Å². The van der Waals surface area contributed by atoms with Gasteiger partial charge in [0, 0.05) is 17.8 Å². The Morgan fingerprint density at radius 2 is 1.40 bits per heavy atom. The minimum atomic E-state index is -3.51. The van der Waals surface area contributed by atoms with Crippen LogP contribution in [0.25, 0.3) is 0 Å². The van der Waals surface area contributed by atoms with E-state index in [1.54, 1.807) is 16.1 Å². The largest absolute Gasteiger partial charge is 0.467 e. The average Bonchev–Trinajstić information content (AvgIpc) is 3.38. The number of esters is 1. The molecule has 0 unspecified atom stereocenters. The third kappa shape index (κ3) is 6.97. The Morgan fingerprint density at radius 1 is 0.925 bits per heavy atom. The van der Waals surface area contributed by atoms with Crippen LogP contribution < -0.4 is 0 Å². The molecule has 0 amide bonds. The van der Waals surface area contributed by atoms with E-state index in [2.05, 4.69) is 36.4 Å². The lowest BCUT2D eigenvalue weighted by atomic mass is 9.84. The minimum absolute atomic E-state index is 0.0226. The van der Waals surface area contributed by atoms with Gasteiger partial charge in [0.2, 0.25) is 10.0 Å². The van der Waals surface area contributed by atoms with Gasteiger partial charge in [0.15, 0.2) is 6.10 Å². The second kappa shape index (κ2) is 13.3. The highest BCUT2D eigenvalue weighted by Crippen LogP contribution is 2.52. The molecule has 0 bridgehead atoms. The zero-order valence-electron chi connectivity index (χ0n) is 23.6. The average molecular weight is 582 g/mol. The van der Waals surface area contributed by atoms with Crippen LogP contribution in [-0.4, -0.2) is 62.6 Å². The van der Waals surface area contributed by atoms with Crippen molar-refractivity contribution < 1.29 is 22.7 Å². The second-order valence-corrected chi connectivity index (χ2v) is 14.2. The minimum Gasteiger partial charge on any atom is -0.467 e. The van der Waals surface area contributed by atoms with E-state index in [-0.39, 0.29) is 23.8 Å². The normalized spacial score (nSPS) is 19.0. The molecule has 3 aromatic rings. The number of carbonyl (C=O) groups is 1. The quantitative estimate of drug-likeness (QED) is 0.201. The van der Waals surface area contributed by atoms with Crippen LogP contribution in [0.5, 0.6) is 0 Å².